The van der Waals surface area contributed by atoms with Gasteiger partial charge >= 0.3 is 0 Å². The molecule has 1 rings (SSSR count). The smallest absolute Gasteiger partial charge is 0.234 e. The van der Waals surface area contributed by atoms with E-state index in [1.54, 1.807) is 0 Å². The lowest BCUT2D eigenvalue weighted by Gasteiger charge is -2.01. The SMILES string of the molecule is CC.NC(=O)[C@@H]1CCCN1. The summed E-state index contributed by atoms with van der Waals surface area (Å²) in [5.41, 5.74) is 5.00. The number of carbonyl (C=O) groups is 1. The molecule has 0 radical (unpaired) electrons. The van der Waals surface area contributed by atoms with Crippen LogP contribution in [-0.2, 0) is 4.79 Å². The van der Waals surface area contributed by atoms with E-state index in [0.717, 1.165) is 19.4 Å². The Bertz CT molecular complexity index is 97.8. The highest BCUT2D eigenvalue weighted by Gasteiger charge is 2.18. The minimum absolute atomic E-state index is 0.0463. The summed E-state index contributed by atoms with van der Waals surface area (Å²) in [4.78, 5) is 10.4. The molecule has 1 fully saturated rings. The molecular weight excluding hydrogens is 128 g/mol. The van der Waals surface area contributed by atoms with Gasteiger partial charge in [-0.3, -0.25) is 4.79 Å². The van der Waals surface area contributed by atoms with Crippen LogP contribution in [0.1, 0.15) is 26.7 Å². The van der Waals surface area contributed by atoms with Gasteiger partial charge in [0.05, 0.1) is 6.04 Å². The number of carbonyl (C=O) groups excluding carboxylic acids is 1. The van der Waals surface area contributed by atoms with Crippen molar-refractivity contribution in [3.63, 3.8) is 0 Å². The van der Waals surface area contributed by atoms with Gasteiger partial charge in [0.15, 0.2) is 0 Å². The van der Waals surface area contributed by atoms with Crippen molar-refractivity contribution in [3.8, 4) is 0 Å². The first kappa shape index (κ1) is 9.43. The van der Waals surface area contributed by atoms with E-state index in [2.05, 4.69) is 5.32 Å². The molecule has 1 heterocycles. The highest BCUT2D eigenvalue weighted by Crippen LogP contribution is 2.02. The lowest BCUT2D eigenvalue weighted by atomic mass is 10.2. The molecule has 1 atom stereocenters. The highest BCUT2D eigenvalue weighted by atomic mass is 16.1. The zero-order chi connectivity index (χ0) is 7.98. The van der Waals surface area contributed by atoms with E-state index in [-0.39, 0.29) is 11.9 Å². The number of nitrogens with one attached hydrogen (secondary N) is 1. The Balaban J connectivity index is 0.000000371. The van der Waals surface area contributed by atoms with E-state index in [1.807, 2.05) is 13.8 Å². The van der Waals surface area contributed by atoms with Crippen LogP contribution in [0.25, 0.3) is 0 Å². The molecule has 1 aliphatic rings. The number of rotatable bonds is 1. The molecule has 10 heavy (non-hydrogen) atoms. The molecule has 1 aliphatic heterocycles. The van der Waals surface area contributed by atoms with E-state index >= 15 is 0 Å². The molecule has 0 spiro atoms. The fraction of sp³-hybridized carbons (Fsp3) is 0.857. The Labute approximate surface area is 62.0 Å². The molecule has 1 saturated heterocycles. The van der Waals surface area contributed by atoms with Gasteiger partial charge in [0.1, 0.15) is 0 Å². The van der Waals surface area contributed by atoms with Crippen LogP contribution in [-0.4, -0.2) is 18.5 Å². The maximum atomic E-state index is 10.4. The normalized spacial score (nSPS) is 23.2. The third kappa shape index (κ3) is 2.82. The van der Waals surface area contributed by atoms with Gasteiger partial charge in [0, 0.05) is 0 Å². The van der Waals surface area contributed by atoms with Crippen molar-refractivity contribution in [1.29, 1.82) is 0 Å². The monoisotopic (exact) mass is 144 g/mol. The summed E-state index contributed by atoms with van der Waals surface area (Å²) in [5.74, 6) is -0.220. The average molecular weight is 144 g/mol. The Hall–Kier alpha value is -0.570. The first-order valence-electron chi connectivity index (χ1n) is 3.83. The molecule has 3 heteroatoms. The topological polar surface area (TPSA) is 55.1 Å². The molecule has 3 N–H and O–H groups in total. The number of amides is 1. The fourth-order valence-corrected chi connectivity index (χ4v) is 0.927. The van der Waals surface area contributed by atoms with E-state index in [1.165, 1.54) is 0 Å². The third-order valence-corrected chi connectivity index (χ3v) is 1.40. The molecule has 0 bridgehead atoms. The second-order valence-corrected chi connectivity index (χ2v) is 2.05. The molecule has 1 amide bonds. The van der Waals surface area contributed by atoms with Crippen molar-refractivity contribution in [2.75, 3.05) is 6.54 Å². The van der Waals surface area contributed by atoms with Gasteiger partial charge in [-0.2, -0.15) is 0 Å². The van der Waals surface area contributed by atoms with Crippen molar-refractivity contribution in [3.05, 3.63) is 0 Å². The molecule has 0 unspecified atom stereocenters. The molecule has 3 nitrogen and oxygen atoms in total. The van der Waals surface area contributed by atoms with Crippen LogP contribution < -0.4 is 11.1 Å². The zero-order valence-electron chi connectivity index (χ0n) is 6.68. The minimum atomic E-state index is -0.220. The second kappa shape index (κ2) is 5.23. The molecule has 0 saturated carbocycles. The van der Waals surface area contributed by atoms with Crippen LogP contribution >= 0.6 is 0 Å². The quantitative estimate of drug-likeness (QED) is 0.554. The predicted molar refractivity (Wildman–Crippen MR) is 41.6 cm³/mol. The summed E-state index contributed by atoms with van der Waals surface area (Å²) in [7, 11) is 0. The second-order valence-electron chi connectivity index (χ2n) is 2.05. The van der Waals surface area contributed by atoms with Gasteiger partial charge in [-0.05, 0) is 19.4 Å². The van der Waals surface area contributed by atoms with Crippen molar-refractivity contribution < 1.29 is 4.79 Å². The average Bonchev–Trinajstić information content (AvgIpc) is 2.42. The van der Waals surface area contributed by atoms with Crippen molar-refractivity contribution in [2.45, 2.75) is 32.7 Å². The van der Waals surface area contributed by atoms with Crippen molar-refractivity contribution in [2.24, 2.45) is 5.73 Å². The zero-order valence-corrected chi connectivity index (χ0v) is 6.68. The predicted octanol–water partition coefficient (Wildman–Crippen LogP) is 0.250. The largest absolute Gasteiger partial charge is 0.368 e. The number of nitrogens with two attached hydrogens (primary N) is 1. The third-order valence-electron chi connectivity index (χ3n) is 1.40. The van der Waals surface area contributed by atoms with E-state index in [0.29, 0.717) is 0 Å². The number of primary amides is 1. The van der Waals surface area contributed by atoms with Crippen molar-refractivity contribution in [1.82, 2.24) is 5.32 Å². The maximum Gasteiger partial charge on any atom is 0.234 e. The molecular formula is C7H16N2O. The van der Waals surface area contributed by atoms with E-state index in [9.17, 15) is 4.79 Å². The molecule has 0 aliphatic carbocycles. The van der Waals surface area contributed by atoms with Crippen LogP contribution in [0.5, 0.6) is 0 Å². The maximum absolute atomic E-state index is 10.4. The molecule has 0 aromatic rings. The fourth-order valence-electron chi connectivity index (χ4n) is 0.927. The van der Waals surface area contributed by atoms with Gasteiger partial charge < -0.3 is 11.1 Å². The number of hydrogen-bond acceptors (Lipinski definition) is 2. The Morgan fingerprint density at radius 1 is 1.60 bits per heavy atom. The van der Waals surface area contributed by atoms with Gasteiger partial charge in [-0.15, -0.1) is 0 Å². The first-order chi connectivity index (χ1) is 4.80. The summed E-state index contributed by atoms with van der Waals surface area (Å²) in [6.45, 7) is 4.94. The summed E-state index contributed by atoms with van der Waals surface area (Å²) in [6.07, 6.45) is 1.99. The molecule has 60 valence electrons. The standard InChI is InChI=1S/C5H10N2O.C2H6/c6-5(8)4-2-1-3-7-4;1-2/h4,7H,1-3H2,(H2,6,8);1-2H3/t4-;/m0./s1. The van der Waals surface area contributed by atoms with Crippen LogP contribution in [0.4, 0.5) is 0 Å². The Kier molecular flexibility index (Phi) is 4.94. The Morgan fingerprint density at radius 2 is 2.20 bits per heavy atom. The van der Waals surface area contributed by atoms with Crippen LogP contribution in [0, 0.1) is 0 Å². The van der Waals surface area contributed by atoms with Crippen LogP contribution in [0.15, 0.2) is 0 Å². The lowest BCUT2D eigenvalue weighted by Crippen LogP contribution is -2.36. The minimum Gasteiger partial charge on any atom is -0.368 e. The highest BCUT2D eigenvalue weighted by molar-refractivity contribution is 5.80. The van der Waals surface area contributed by atoms with Gasteiger partial charge in [0.25, 0.3) is 0 Å². The summed E-state index contributed by atoms with van der Waals surface area (Å²) in [6, 6.07) is -0.0463. The first-order valence-corrected chi connectivity index (χ1v) is 3.83. The summed E-state index contributed by atoms with van der Waals surface area (Å²) >= 11 is 0. The molecule has 0 aromatic heterocycles. The summed E-state index contributed by atoms with van der Waals surface area (Å²) < 4.78 is 0. The summed E-state index contributed by atoms with van der Waals surface area (Å²) in [5, 5.41) is 2.98. The van der Waals surface area contributed by atoms with E-state index < -0.39 is 0 Å². The van der Waals surface area contributed by atoms with Gasteiger partial charge in [-0.1, -0.05) is 13.8 Å². The van der Waals surface area contributed by atoms with Crippen LogP contribution in [0.2, 0.25) is 0 Å². The Morgan fingerprint density at radius 3 is 2.40 bits per heavy atom. The van der Waals surface area contributed by atoms with Crippen molar-refractivity contribution >= 4 is 5.91 Å². The lowest BCUT2D eigenvalue weighted by molar-refractivity contribution is -0.119. The van der Waals surface area contributed by atoms with E-state index in [4.69, 9.17) is 5.73 Å². The molecule has 0 aromatic carbocycles. The van der Waals surface area contributed by atoms with Crippen LogP contribution in [0.3, 0.4) is 0 Å². The van der Waals surface area contributed by atoms with Gasteiger partial charge in [0.2, 0.25) is 5.91 Å². The number of hydrogen-bond donors (Lipinski definition) is 2. The van der Waals surface area contributed by atoms with Gasteiger partial charge in [-0.25, -0.2) is 0 Å².